The van der Waals surface area contributed by atoms with Gasteiger partial charge in [0.05, 0.1) is 5.69 Å². The Bertz CT molecular complexity index is 989. The standard InChI is InChI=1S/C21H18N2O2/c1-14-6-2-3-7-16(14)12-22-19(24)13-23-18-11-5-9-15-8-4-10-17(20(15)18)21(23)25/h2-11H,12-13H2,1H3,(H,22,24). The highest BCUT2D eigenvalue weighted by Gasteiger charge is 2.30. The molecule has 0 aromatic heterocycles. The van der Waals surface area contributed by atoms with E-state index >= 15 is 0 Å². The molecule has 124 valence electrons. The number of hydrogen-bond acceptors (Lipinski definition) is 2. The zero-order valence-electron chi connectivity index (χ0n) is 14.0. The normalized spacial score (nSPS) is 12.7. The fourth-order valence-corrected chi connectivity index (χ4v) is 3.34. The summed E-state index contributed by atoms with van der Waals surface area (Å²) >= 11 is 0. The molecule has 4 heteroatoms. The molecule has 0 saturated heterocycles. The summed E-state index contributed by atoms with van der Waals surface area (Å²) in [5.41, 5.74) is 3.69. The minimum Gasteiger partial charge on any atom is -0.350 e. The summed E-state index contributed by atoms with van der Waals surface area (Å²) in [5.74, 6) is -0.278. The molecule has 4 nitrogen and oxygen atoms in total. The molecule has 0 unspecified atom stereocenters. The molecule has 3 aromatic carbocycles. The first-order valence-corrected chi connectivity index (χ1v) is 8.30. The van der Waals surface area contributed by atoms with E-state index in [4.69, 9.17) is 0 Å². The number of rotatable bonds is 4. The summed E-state index contributed by atoms with van der Waals surface area (Å²) in [6, 6.07) is 19.4. The van der Waals surface area contributed by atoms with Crippen LogP contribution in [-0.4, -0.2) is 18.4 Å². The minimum absolute atomic E-state index is 0.0263. The first-order valence-electron chi connectivity index (χ1n) is 8.30. The van der Waals surface area contributed by atoms with Crippen molar-refractivity contribution in [3.05, 3.63) is 77.4 Å². The summed E-state index contributed by atoms with van der Waals surface area (Å²) in [4.78, 5) is 26.6. The first-order chi connectivity index (χ1) is 12.1. The van der Waals surface area contributed by atoms with Gasteiger partial charge in [-0.25, -0.2) is 0 Å². The van der Waals surface area contributed by atoms with Gasteiger partial charge in [-0.1, -0.05) is 48.5 Å². The van der Waals surface area contributed by atoms with E-state index in [-0.39, 0.29) is 18.4 Å². The number of hydrogen-bond donors (Lipinski definition) is 1. The SMILES string of the molecule is Cc1ccccc1CNC(=O)CN1C(=O)c2cccc3cccc1c23. The molecular weight excluding hydrogens is 312 g/mol. The molecule has 1 aliphatic heterocycles. The van der Waals surface area contributed by atoms with Crippen LogP contribution in [0.25, 0.3) is 10.8 Å². The van der Waals surface area contributed by atoms with Crippen molar-refractivity contribution in [2.45, 2.75) is 13.5 Å². The number of carbonyl (C=O) groups excluding carboxylic acids is 2. The summed E-state index contributed by atoms with van der Waals surface area (Å²) in [6.45, 7) is 2.51. The third-order valence-electron chi connectivity index (χ3n) is 4.69. The fourth-order valence-electron chi connectivity index (χ4n) is 3.34. The molecule has 25 heavy (non-hydrogen) atoms. The van der Waals surface area contributed by atoms with Gasteiger partial charge in [0, 0.05) is 17.5 Å². The van der Waals surface area contributed by atoms with Crippen molar-refractivity contribution in [1.82, 2.24) is 5.32 Å². The van der Waals surface area contributed by atoms with Crippen LogP contribution in [-0.2, 0) is 11.3 Å². The zero-order chi connectivity index (χ0) is 17.4. The van der Waals surface area contributed by atoms with Gasteiger partial charge in [-0.3, -0.25) is 14.5 Å². The topological polar surface area (TPSA) is 49.4 Å². The maximum atomic E-state index is 12.7. The molecule has 4 rings (SSSR count). The van der Waals surface area contributed by atoms with E-state index in [1.54, 1.807) is 4.90 Å². The average Bonchev–Trinajstić information content (AvgIpc) is 2.89. The first kappa shape index (κ1) is 15.4. The Hall–Kier alpha value is -3.14. The van der Waals surface area contributed by atoms with Crippen molar-refractivity contribution in [3.63, 3.8) is 0 Å². The molecule has 1 aliphatic rings. The van der Waals surface area contributed by atoms with E-state index in [0.717, 1.165) is 27.6 Å². The van der Waals surface area contributed by atoms with Gasteiger partial charge < -0.3 is 5.32 Å². The highest BCUT2D eigenvalue weighted by atomic mass is 16.2. The Morgan fingerprint density at radius 1 is 1.00 bits per heavy atom. The van der Waals surface area contributed by atoms with Crippen LogP contribution in [0.4, 0.5) is 5.69 Å². The maximum Gasteiger partial charge on any atom is 0.259 e. The minimum atomic E-state index is -0.165. The van der Waals surface area contributed by atoms with Crippen LogP contribution in [0.15, 0.2) is 60.7 Å². The van der Waals surface area contributed by atoms with E-state index in [2.05, 4.69) is 5.32 Å². The Morgan fingerprint density at radius 2 is 1.76 bits per heavy atom. The molecule has 0 atom stereocenters. The zero-order valence-corrected chi connectivity index (χ0v) is 14.0. The fraction of sp³-hybridized carbons (Fsp3) is 0.143. The number of carbonyl (C=O) groups is 2. The highest BCUT2D eigenvalue weighted by Crippen LogP contribution is 2.36. The van der Waals surface area contributed by atoms with Gasteiger partial charge in [0.25, 0.3) is 5.91 Å². The van der Waals surface area contributed by atoms with Crippen LogP contribution < -0.4 is 10.2 Å². The van der Waals surface area contributed by atoms with E-state index in [0.29, 0.717) is 12.1 Å². The van der Waals surface area contributed by atoms with Gasteiger partial charge in [0.1, 0.15) is 6.54 Å². The predicted octanol–water partition coefficient (Wildman–Crippen LogP) is 3.42. The summed E-state index contributed by atoms with van der Waals surface area (Å²) in [6.07, 6.45) is 0. The average molecular weight is 330 g/mol. The second kappa shape index (κ2) is 6.06. The van der Waals surface area contributed by atoms with Crippen molar-refractivity contribution in [3.8, 4) is 0 Å². The molecule has 2 amide bonds. The Kier molecular flexibility index (Phi) is 3.73. The van der Waals surface area contributed by atoms with Crippen molar-refractivity contribution >= 4 is 28.3 Å². The van der Waals surface area contributed by atoms with Crippen LogP contribution in [0.2, 0.25) is 0 Å². The van der Waals surface area contributed by atoms with E-state index < -0.39 is 0 Å². The van der Waals surface area contributed by atoms with Crippen molar-refractivity contribution in [2.24, 2.45) is 0 Å². The third-order valence-corrected chi connectivity index (χ3v) is 4.69. The summed E-state index contributed by atoms with van der Waals surface area (Å²) < 4.78 is 0. The smallest absolute Gasteiger partial charge is 0.259 e. The van der Waals surface area contributed by atoms with Crippen molar-refractivity contribution in [1.29, 1.82) is 0 Å². The molecule has 0 spiro atoms. The van der Waals surface area contributed by atoms with Crippen molar-refractivity contribution < 1.29 is 9.59 Å². The number of benzene rings is 3. The molecule has 3 aromatic rings. The lowest BCUT2D eigenvalue weighted by molar-refractivity contribution is -0.119. The van der Waals surface area contributed by atoms with Crippen molar-refractivity contribution in [2.75, 3.05) is 11.4 Å². The van der Waals surface area contributed by atoms with E-state index in [1.165, 1.54) is 0 Å². The van der Waals surface area contributed by atoms with E-state index in [9.17, 15) is 9.59 Å². The van der Waals surface area contributed by atoms with E-state index in [1.807, 2.05) is 67.6 Å². The van der Waals surface area contributed by atoms with Gasteiger partial charge in [0.15, 0.2) is 0 Å². The molecular formula is C21H18N2O2. The largest absolute Gasteiger partial charge is 0.350 e. The lowest BCUT2D eigenvalue weighted by Gasteiger charge is -2.17. The molecule has 1 heterocycles. The number of nitrogens with one attached hydrogen (secondary N) is 1. The molecule has 1 N–H and O–H groups in total. The molecule has 0 radical (unpaired) electrons. The molecule has 0 bridgehead atoms. The number of amides is 2. The number of aryl methyl sites for hydroxylation is 1. The van der Waals surface area contributed by atoms with Crippen LogP contribution in [0.3, 0.4) is 0 Å². The number of nitrogens with zero attached hydrogens (tertiary/aromatic N) is 1. The Labute approximate surface area is 146 Å². The summed E-state index contributed by atoms with van der Waals surface area (Å²) in [7, 11) is 0. The monoisotopic (exact) mass is 330 g/mol. The van der Waals surface area contributed by atoms with Gasteiger partial charge in [0.2, 0.25) is 5.91 Å². The Balaban J connectivity index is 1.52. The lowest BCUT2D eigenvalue weighted by atomic mass is 10.1. The van der Waals surface area contributed by atoms with Gasteiger partial charge in [-0.05, 0) is 35.6 Å². The van der Waals surface area contributed by atoms with Crippen LogP contribution in [0.1, 0.15) is 21.5 Å². The van der Waals surface area contributed by atoms with Crippen LogP contribution in [0, 0.1) is 6.92 Å². The quantitative estimate of drug-likeness (QED) is 0.797. The second-order valence-corrected chi connectivity index (χ2v) is 6.28. The summed E-state index contributed by atoms with van der Waals surface area (Å²) in [5, 5.41) is 4.86. The van der Waals surface area contributed by atoms with Gasteiger partial charge in [-0.15, -0.1) is 0 Å². The molecule has 0 aliphatic carbocycles. The van der Waals surface area contributed by atoms with Gasteiger partial charge >= 0.3 is 0 Å². The second-order valence-electron chi connectivity index (χ2n) is 6.28. The van der Waals surface area contributed by atoms with Crippen LogP contribution in [0.5, 0.6) is 0 Å². The molecule has 0 fully saturated rings. The Morgan fingerprint density at radius 3 is 2.56 bits per heavy atom. The predicted molar refractivity (Wildman–Crippen MR) is 98.7 cm³/mol. The number of anilines is 1. The maximum absolute atomic E-state index is 12.7. The highest BCUT2D eigenvalue weighted by molar-refractivity contribution is 6.26. The third kappa shape index (κ3) is 2.66. The lowest BCUT2D eigenvalue weighted by Crippen LogP contribution is -2.38. The molecule has 0 saturated carbocycles. The van der Waals surface area contributed by atoms with Crippen LogP contribution >= 0.6 is 0 Å². The van der Waals surface area contributed by atoms with Gasteiger partial charge in [-0.2, -0.15) is 0 Å².